The zero-order valence-electron chi connectivity index (χ0n) is 8.30. The Kier molecular flexibility index (Phi) is 2.94. The minimum Gasteiger partial charge on any atom is -0.301 e. The van der Waals surface area contributed by atoms with Crippen LogP contribution in [0.25, 0.3) is 0 Å². The van der Waals surface area contributed by atoms with Crippen LogP contribution in [-0.4, -0.2) is 24.0 Å². The third-order valence-corrected chi connectivity index (χ3v) is 3.23. The first kappa shape index (κ1) is 9.05. The average molecular weight is 155 g/mol. The van der Waals surface area contributed by atoms with Crippen molar-refractivity contribution in [2.24, 2.45) is 5.92 Å². The van der Waals surface area contributed by atoms with Crippen LogP contribution in [0, 0.1) is 5.92 Å². The van der Waals surface area contributed by atoms with E-state index in [0.717, 1.165) is 18.0 Å². The highest BCUT2D eigenvalue weighted by molar-refractivity contribution is 4.85. The highest BCUT2D eigenvalue weighted by Crippen LogP contribution is 2.35. The first-order valence-corrected chi connectivity index (χ1v) is 4.88. The molecule has 0 radical (unpaired) electrons. The highest BCUT2D eigenvalue weighted by Gasteiger charge is 2.31. The molecule has 0 aromatic carbocycles. The Hall–Kier alpha value is -0.0400. The van der Waals surface area contributed by atoms with Crippen LogP contribution >= 0.6 is 0 Å². The molecule has 0 spiro atoms. The average Bonchev–Trinajstić information content (AvgIpc) is 2.82. The van der Waals surface area contributed by atoms with Crippen LogP contribution < -0.4 is 0 Å². The van der Waals surface area contributed by atoms with Gasteiger partial charge in [0.2, 0.25) is 0 Å². The molecule has 1 fully saturated rings. The predicted octanol–water partition coefficient (Wildman–Crippen LogP) is 2.52. The molecule has 0 aromatic rings. The fourth-order valence-electron chi connectivity index (χ4n) is 1.60. The highest BCUT2D eigenvalue weighted by atomic mass is 15.2. The van der Waals surface area contributed by atoms with Crippen molar-refractivity contribution in [3.63, 3.8) is 0 Å². The number of hydrogen-bond donors (Lipinski definition) is 0. The van der Waals surface area contributed by atoms with E-state index in [-0.39, 0.29) is 0 Å². The monoisotopic (exact) mass is 155 g/mol. The molecule has 0 bridgehead atoms. The maximum absolute atomic E-state index is 2.53. The molecule has 66 valence electrons. The van der Waals surface area contributed by atoms with Gasteiger partial charge in [0, 0.05) is 12.1 Å². The van der Waals surface area contributed by atoms with E-state index in [1.54, 1.807) is 0 Å². The quantitative estimate of drug-likeness (QED) is 0.603. The Bertz CT molecular complexity index is 118. The Morgan fingerprint density at radius 1 is 1.36 bits per heavy atom. The van der Waals surface area contributed by atoms with Crippen LogP contribution in [0.4, 0.5) is 0 Å². The van der Waals surface area contributed by atoms with E-state index >= 15 is 0 Å². The molecule has 0 heterocycles. The summed E-state index contributed by atoms with van der Waals surface area (Å²) in [5, 5.41) is 0. The molecular weight excluding hydrogens is 134 g/mol. The molecular formula is C10H21N. The maximum atomic E-state index is 2.53. The van der Waals surface area contributed by atoms with Crippen LogP contribution in [0.5, 0.6) is 0 Å². The summed E-state index contributed by atoms with van der Waals surface area (Å²) >= 11 is 0. The molecule has 1 saturated carbocycles. The summed E-state index contributed by atoms with van der Waals surface area (Å²) in [6.45, 7) is 6.95. The summed E-state index contributed by atoms with van der Waals surface area (Å²) in [7, 11) is 2.26. The molecule has 1 rings (SSSR count). The number of nitrogens with zero attached hydrogens (tertiary/aromatic N) is 1. The molecule has 1 nitrogen and oxygen atoms in total. The van der Waals surface area contributed by atoms with Gasteiger partial charge in [-0.1, -0.05) is 6.92 Å². The third kappa shape index (κ3) is 2.19. The van der Waals surface area contributed by atoms with Crippen molar-refractivity contribution < 1.29 is 0 Å². The zero-order chi connectivity index (χ0) is 8.43. The van der Waals surface area contributed by atoms with Crippen molar-refractivity contribution in [1.82, 2.24) is 4.90 Å². The van der Waals surface area contributed by atoms with E-state index in [0.29, 0.717) is 0 Å². The number of rotatable bonds is 4. The summed E-state index contributed by atoms with van der Waals surface area (Å²) in [6, 6.07) is 1.57. The molecule has 0 amide bonds. The predicted molar refractivity (Wildman–Crippen MR) is 49.7 cm³/mol. The second-order valence-corrected chi connectivity index (χ2v) is 4.00. The zero-order valence-corrected chi connectivity index (χ0v) is 8.30. The van der Waals surface area contributed by atoms with Gasteiger partial charge in [-0.3, -0.25) is 0 Å². The summed E-state index contributed by atoms with van der Waals surface area (Å²) in [6.07, 6.45) is 4.19. The molecule has 1 aliphatic carbocycles. The normalized spacial score (nSPS) is 23.7. The van der Waals surface area contributed by atoms with Gasteiger partial charge in [0.1, 0.15) is 0 Å². The smallest absolute Gasteiger partial charge is 0.00949 e. The molecule has 2 unspecified atom stereocenters. The van der Waals surface area contributed by atoms with E-state index in [1.165, 1.54) is 19.3 Å². The summed E-state index contributed by atoms with van der Waals surface area (Å²) in [4.78, 5) is 2.53. The van der Waals surface area contributed by atoms with Gasteiger partial charge in [-0.05, 0) is 46.1 Å². The van der Waals surface area contributed by atoms with Crippen molar-refractivity contribution in [3.05, 3.63) is 0 Å². The van der Waals surface area contributed by atoms with Gasteiger partial charge in [-0.15, -0.1) is 0 Å². The first-order valence-electron chi connectivity index (χ1n) is 4.88. The second-order valence-electron chi connectivity index (χ2n) is 4.00. The van der Waals surface area contributed by atoms with Crippen molar-refractivity contribution in [2.45, 2.75) is 52.1 Å². The molecule has 11 heavy (non-hydrogen) atoms. The molecule has 0 saturated heterocycles. The minimum atomic E-state index is 0.755. The SMILES string of the molecule is CCC(C)N(C)C(C)C1CC1. The van der Waals surface area contributed by atoms with Gasteiger partial charge in [0.25, 0.3) is 0 Å². The molecule has 0 N–H and O–H groups in total. The van der Waals surface area contributed by atoms with Crippen LogP contribution in [-0.2, 0) is 0 Å². The lowest BCUT2D eigenvalue weighted by Gasteiger charge is -2.30. The molecule has 0 aliphatic heterocycles. The second kappa shape index (κ2) is 3.57. The fraction of sp³-hybridized carbons (Fsp3) is 1.00. The largest absolute Gasteiger partial charge is 0.301 e. The van der Waals surface area contributed by atoms with Gasteiger partial charge in [-0.2, -0.15) is 0 Å². The minimum absolute atomic E-state index is 0.755. The molecule has 1 heteroatoms. The van der Waals surface area contributed by atoms with Crippen molar-refractivity contribution in [3.8, 4) is 0 Å². The summed E-state index contributed by atoms with van der Waals surface area (Å²) in [5.74, 6) is 1.01. The van der Waals surface area contributed by atoms with Crippen LogP contribution in [0.15, 0.2) is 0 Å². The van der Waals surface area contributed by atoms with Gasteiger partial charge in [-0.25, -0.2) is 0 Å². The van der Waals surface area contributed by atoms with E-state index in [9.17, 15) is 0 Å². The van der Waals surface area contributed by atoms with E-state index < -0.39 is 0 Å². The topological polar surface area (TPSA) is 3.24 Å². The van der Waals surface area contributed by atoms with E-state index in [4.69, 9.17) is 0 Å². The lowest BCUT2D eigenvalue weighted by molar-refractivity contribution is 0.174. The Morgan fingerprint density at radius 3 is 2.27 bits per heavy atom. The van der Waals surface area contributed by atoms with Gasteiger partial charge >= 0.3 is 0 Å². The molecule has 2 atom stereocenters. The lowest BCUT2D eigenvalue weighted by atomic mass is 10.1. The number of hydrogen-bond acceptors (Lipinski definition) is 1. The van der Waals surface area contributed by atoms with Crippen molar-refractivity contribution in [1.29, 1.82) is 0 Å². The Labute approximate surface area is 70.8 Å². The van der Waals surface area contributed by atoms with E-state index in [2.05, 4.69) is 32.7 Å². The van der Waals surface area contributed by atoms with Crippen LogP contribution in [0.3, 0.4) is 0 Å². The fourth-order valence-corrected chi connectivity index (χ4v) is 1.60. The third-order valence-electron chi connectivity index (χ3n) is 3.23. The first-order chi connectivity index (χ1) is 5.16. The Balaban J connectivity index is 2.31. The van der Waals surface area contributed by atoms with Crippen molar-refractivity contribution >= 4 is 0 Å². The van der Waals surface area contributed by atoms with Crippen LogP contribution in [0.1, 0.15) is 40.0 Å². The van der Waals surface area contributed by atoms with Gasteiger partial charge in [0.05, 0.1) is 0 Å². The molecule has 1 aliphatic rings. The summed E-state index contributed by atoms with van der Waals surface area (Å²) in [5.41, 5.74) is 0. The lowest BCUT2D eigenvalue weighted by Crippen LogP contribution is -2.37. The van der Waals surface area contributed by atoms with Crippen molar-refractivity contribution in [2.75, 3.05) is 7.05 Å². The van der Waals surface area contributed by atoms with Gasteiger partial charge < -0.3 is 4.90 Å². The van der Waals surface area contributed by atoms with E-state index in [1.807, 2.05) is 0 Å². The van der Waals surface area contributed by atoms with Gasteiger partial charge in [0.15, 0.2) is 0 Å². The molecule has 0 aromatic heterocycles. The Morgan fingerprint density at radius 2 is 1.91 bits per heavy atom. The maximum Gasteiger partial charge on any atom is 0.00949 e. The summed E-state index contributed by atoms with van der Waals surface area (Å²) < 4.78 is 0. The standard InChI is InChI=1S/C10H21N/c1-5-8(2)11(4)9(3)10-6-7-10/h8-10H,5-7H2,1-4H3. The van der Waals surface area contributed by atoms with Crippen LogP contribution in [0.2, 0.25) is 0 Å².